The summed E-state index contributed by atoms with van der Waals surface area (Å²) in [5.41, 5.74) is 6.82. The van der Waals surface area contributed by atoms with E-state index in [9.17, 15) is 0 Å². The minimum atomic E-state index is -0.0389. The molecule has 0 spiro atoms. The van der Waals surface area contributed by atoms with Crippen molar-refractivity contribution in [1.29, 1.82) is 5.41 Å². The molecule has 100 valence electrons. The van der Waals surface area contributed by atoms with Crippen molar-refractivity contribution in [3.05, 3.63) is 35.9 Å². The number of hydrogen-bond donors (Lipinski definition) is 2. The first kappa shape index (κ1) is 14.7. The van der Waals surface area contributed by atoms with E-state index in [0.717, 1.165) is 25.2 Å². The van der Waals surface area contributed by atoms with Crippen LogP contribution < -0.4 is 5.73 Å². The van der Waals surface area contributed by atoms with Gasteiger partial charge >= 0.3 is 0 Å². The van der Waals surface area contributed by atoms with Crippen molar-refractivity contribution in [2.24, 2.45) is 5.73 Å². The highest BCUT2D eigenvalue weighted by Gasteiger charge is 2.17. The second-order valence-electron chi connectivity index (χ2n) is 4.30. The van der Waals surface area contributed by atoms with Gasteiger partial charge in [0.05, 0.1) is 18.4 Å². The Hall–Kier alpha value is -1.39. The maximum Gasteiger partial charge on any atom is 0.0995 e. The zero-order valence-corrected chi connectivity index (χ0v) is 11.2. The molecule has 0 fully saturated rings. The summed E-state index contributed by atoms with van der Waals surface area (Å²) in [4.78, 5) is 2.25. The van der Waals surface area contributed by atoms with Crippen molar-refractivity contribution in [3.8, 4) is 0 Å². The summed E-state index contributed by atoms with van der Waals surface area (Å²) in [6, 6.07) is 9.99. The Morgan fingerprint density at radius 1 is 1.39 bits per heavy atom. The summed E-state index contributed by atoms with van der Waals surface area (Å²) in [7, 11) is 1.70. The smallest absolute Gasteiger partial charge is 0.0995 e. The molecule has 0 saturated heterocycles. The van der Waals surface area contributed by atoms with Gasteiger partial charge in [0.2, 0.25) is 0 Å². The molecule has 1 atom stereocenters. The van der Waals surface area contributed by atoms with Gasteiger partial charge in [-0.2, -0.15) is 0 Å². The van der Waals surface area contributed by atoms with E-state index in [1.54, 1.807) is 7.11 Å². The fourth-order valence-electron chi connectivity index (χ4n) is 1.93. The zero-order valence-electron chi connectivity index (χ0n) is 11.2. The van der Waals surface area contributed by atoms with E-state index in [2.05, 4.69) is 11.8 Å². The number of methoxy groups -OCH3 is 1. The molecular weight excluding hydrogens is 226 g/mol. The van der Waals surface area contributed by atoms with Crippen LogP contribution in [-0.4, -0.2) is 44.1 Å². The van der Waals surface area contributed by atoms with Gasteiger partial charge in [0.15, 0.2) is 0 Å². The Morgan fingerprint density at radius 2 is 2.06 bits per heavy atom. The van der Waals surface area contributed by atoms with Gasteiger partial charge in [-0.05, 0) is 12.1 Å². The molecule has 1 aromatic carbocycles. The van der Waals surface area contributed by atoms with Crippen LogP contribution in [0, 0.1) is 5.41 Å². The molecule has 0 radical (unpaired) electrons. The normalized spacial score (nSPS) is 12.6. The minimum absolute atomic E-state index is 0.0389. The Labute approximate surface area is 109 Å². The minimum Gasteiger partial charge on any atom is -0.387 e. The standard InChI is InChI=1S/C14H23N3O/c1-3-17(9-10-18-2)11-13(14(15)16)12-7-5-4-6-8-12/h4-8,13H,3,9-11H2,1-2H3,(H3,15,16). The topological polar surface area (TPSA) is 62.3 Å². The molecule has 1 unspecified atom stereocenters. The second-order valence-corrected chi connectivity index (χ2v) is 4.30. The van der Waals surface area contributed by atoms with Crippen molar-refractivity contribution in [1.82, 2.24) is 4.90 Å². The summed E-state index contributed by atoms with van der Waals surface area (Å²) in [5.74, 6) is 0.181. The molecule has 4 nitrogen and oxygen atoms in total. The fraction of sp³-hybridized carbons (Fsp3) is 0.500. The summed E-state index contributed by atoms with van der Waals surface area (Å²) in [6.07, 6.45) is 0. The lowest BCUT2D eigenvalue weighted by Gasteiger charge is -2.25. The van der Waals surface area contributed by atoms with Gasteiger partial charge in [0.1, 0.15) is 0 Å². The third-order valence-electron chi connectivity index (χ3n) is 3.08. The van der Waals surface area contributed by atoms with Crippen molar-refractivity contribution in [3.63, 3.8) is 0 Å². The molecule has 0 aliphatic carbocycles. The lowest BCUT2D eigenvalue weighted by molar-refractivity contribution is 0.150. The van der Waals surface area contributed by atoms with Crippen LogP contribution in [0.3, 0.4) is 0 Å². The number of benzene rings is 1. The molecule has 1 aromatic rings. The van der Waals surface area contributed by atoms with E-state index in [4.69, 9.17) is 15.9 Å². The number of hydrogen-bond acceptors (Lipinski definition) is 3. The molecule has 3 N–H and O–H groups in total. The van der Waals surface area contributed by atoms with Crippen LogP contribution in [0.4, 0.5) is 0 Å². The molecule has 4 heteroatoms. The monoisotopic (exact) mass is 249 g/mol. The molecule has 0 aromatic heterocycles. The van der Waals surface area contributed by atoms with Crippen LogP contribution in [0.1, 0.15) is 18.4 Å². The summed E-state index contributed by atoms with van der Waals surface area (Å²) < 4.78 is 5.10. The first-order valence-corrected chi connectivity index (χ1v) is 6.29. The van der Waals surface area contributed by atoms with Crippen molar-refractivity contribution < 1.29 is 4.74 Å². The molecule has 1 rings (SSSR count). The molecule has 0 bridgehead atoms. The van der Waals surface area contributed by atoms with Gasteiger partial charge in [0.25, 0.3) is 0 Å². The number of nitrogens with one attached hydrogen (secondary N) is 1. The molecule has 0 heterocycles. The lowest BCUT2D eigenvalue weighted by atomic mass is 9.97. The SMILES string of the molecule is CCN(CCOC)CC(C(=N)N)c1ccccc1. The quantitative estimate of drug-likeness (QED) is 0.544. The largest absolute Gasteiger partial charge is 0.387 e. The number of rotatable bonds is 8. The summed E-state index contributed by atoms with van der Waals surface area (Å²) >= 11 is 0. The Kier molecular flexibility index (Phi) is 6.39. The fourth-order valence-corrected chi connectivity index (χ4v) is 1.93. The van der Waals surface area contributed by atoms with Gasteiger partial charge < -0.3 is 15.4 Å². The number of amidine groups is 1. The third-order valence-corrected chi connectivity index (χ3v) is 3.08. The van der Waals surface area contributed by atoms with E-state index in [1.807, 2.05) is 30.3 Å². The maximum atomic E-state index is 7.75. The van der Waals surface area contributed by atoms with Crippen LogP contribution in [0.2, 0.25) is 0 Å². The van der Waals surface area contributed by atoms with Crippen LogP contribution in [-0.2, 0) is 4.74 Å². The Bertz CT molecular complexity index is 353. The lowest BCUT2D eigenvalue weighted by Crippen LogP contribution is -2.36. The van der Waals surface area contributed by atoms with Crippen LogP contribution in [0.15, 0.2) is 30.3 Å². The summed E-state index contributed by atoms with van der Waals surface area (Å²) in [6.45, 7) is 5.37. The Balaban J connectivity index is 2.71. The highest BCUT2D eigenvalue weighted by Crippen LogP contribution is 2.16. The van der Waals surface area contributed by atoms with Crippen molar-refractivity contribution in [2.45, 2.75) is 12.8 Å². The predicted molar refractivity (Wildman–Crippen MR) is 75.1 cm³/mol. The average molecular weight is 249 g/mol. The second kappa shape index (κ2) is 7.84. The molecular formula is C14H23N3O. The first-order chi connectivity index (χ1) is 8.69. The number of nitrogens with zero attached hydrogens (tertiary/aromatic N) is 1. The van der Waals surface area contributed by atoms with Crippen molar-refractivity contribution in [2.75, 3.05) is 33.4 Å². The number of ether oxygens (including phenoxy) is 1. The van der Waals surface area contributed by atoms with E-state index < -0.39 is 0 Å². The molecule has 0 amide bonds. The number of likely N-dealkylation sites (N-methyl/N-ethyl adjacent to an activating group) is 1. The molecule has 0 aliphatic rings. The summed E-state index contributed by atoms with van der Waals surface area (Å²) in [5, 5.41) is 7.75. The van der Waals surface area contributed by atoms with Gasteiger partial charge in [-0.3, -0.25) is 5.41 Å². The van der Waals surface area contributed by atoms with Crippen LogP contribution in [0.25, 0.3) is 0 Å². The van der Waals surface area contributed by atoms with Gasteiger partial charge in [-0.25, -0.2) is 0 Å². The highest BCUT2D eigenvalue weighted by molar-refractivity contribution is 5.84. The Morgan fingerprint density at radius 3 is 2.56 bits per heavy atom. The average Bonchev–Trinajstić information content (AvgIpc) is 2.39. The van der Waals surface area contributed by atoms with Crippen molar-refractivity contribution >= 4 is 5.84 Å². The number of nitrogens with two attached hydrogens (primary N) is 1. The van der Waals surface area contributed by atoms with E-state index >= 15 is 0 Å². The third kappa shape index (κ3) is 4.47. The van der Waals surface area contributed by atoms with Gasteiger partial charge in [0, 0.05) is 20.2 Å². The molecule has 18 heavy (non-hydrogen) atoms. The predicted octanol–water partition coefficient (Wildman–Crippen LogP) is 1.67. The zero-order chi connectivity index (χ0) is 13.4. The van der Waals surface area contributed by atoms with E-state index in [0.29, 0.717) is 6.61 Å². The van der Waals surface area contributed by atoms with Crippen LogP contribution in [0.5, 0.6) is 0 Å². The first-order valence-electron chi connectivity index (χ1n) is 6.29. The van der Waals surface area contributed by atoms with E-state index in [-0.39, 0.29) is 11.8 Å². The van der Waals surface area contributed by atoms with Gasteiger partial charge in [-0.15, -0.1) is 0 Å². The van der Waals surface area contributed by atoms with E-state index in [1.165, 1.54) is 0 Å². The maximum absolute atomic E-state index is 7.75. The van der Waals surface area contributed by atoms with Crippen LogP contribution >= 0.6 is 0 Å². The molecule has 0 saturated carbocycles. The van der Waals surface area contributed by atoms with Gasteiger partial charge in [-0.1, -0.05) is 37.3 Å². The highest BCUT2D eigenvalue weighted by atomic mass is 16.5. The molecule has 0 aliphatic heterocycles.